The summed E-state index contributed by atoms with van der Waals surface area (Å²) in [5.74, 6) is 0. The molecule has 2 heteroatoms. The van der Waals surface area contributed by atoms with Crippen LogP contribution in [0.4, 0.5) is 0 Å². The zero-order valence-corrected chi connectivity index (χ0v) is 28.9. The van der Waals surface area contributed by atoms with Gasteiger partial charge in [-0.2, -0.15) is 0 Å². The molecule has 7 aromatic rings. The van der Waals surface area contributed by atoms with Gasteiger partial charge in [0.2, 0.25) is 0 Å². The highest BCUT2D eigenvalue weighted by Crippen LogP contribution is 2.54. The average Bonchev–Trinajstić information content (AvgIpc) is 4.08. The van der Waals surface area contributed by atoms with Gasteiger partial charge in [0, 0.05) is 10.8 Å². The molecule has 0 bridgehead atoms. The van der Waals surface area contributed by atoms with E-state index in [2.05, 4.69) is 149 Å². The number of fused-ring (bicyclic) bond motifs is 8. The Morgan fingerprint density at radius 3 is 1.24 bits per heavy atom. The van der Waals surface area contributed by atoms with E-state index in [0.717, 1.165) is 13.2 Å². The van der Waals surface area contributed by atoms with Crippen molar-refractivity contribution in [2.75, 3.05) is 13.2 Å². The Hall–Kier alpha value is -5.02. The van der Waals surface area contributed by atoms with E-state index in [-0.39, 0.29) is 23.0 Å². The minimum Gasteiger partial charge on any atom is -0.368 e. The highest BCUT2D eigenvalue weighted by Gasteiger charge is 2.37. The summed E-state index contributed by atoms with van der Waals surface area (Å²) in [6.45, 7) is 11.1. The number of epoxide rings is 2. The van der Waals surface area contributed by atoms with E-state index in [1.165, 1.54) is 99.4 Å². The quantitative estimate of drug-likeness (QED) is 0.140. The molecule has 0 radical (unpaired) electrons. The van der Waals surface area contributed by atoms with Crippen molar-refractivity contribution in [2.45, 2.75) is 50.7 Å². The third-order valence-corrected chi connectivity index (χ3v) is 12.3. The predicted octanol–water partition coefficient (Wildman–Crippen LogP) is 12.1. The fourth-order valence-electron chi connectivity index (χ4n) is 9.49. The summed E-state index contributed by atoms with van der Waals surface area (Å²) in [6.07, 6.45) is 0.349. The van der Waals surface area contributed by atoms with Crippen LogP contribution in [0.3, 0.4) is 0 Å². The van der Waals surface area contributed by atoms with Gasteiger partial charge in [-0.3, -0.25) is 0 Å². The average molecular weight is 647 g/mol. The molecule has 2 nitrogen and oxygen atoms in total. The smallest absolute Gasteiger partial charge is 0.106 e. The molecule has 0 amide bonds. The second-order valence-electron chi connectivity index (χ2n) is 15.9. The van der Waals surface area contributed by atoms with Gasteiger partial charge in [0.15, 0.2) is 0 Å². The van der Waals surface area contributed by atoms with E-state index in [4.69, 9.17) is 9.47 Å². The van der Waals surface area contributed by atoms with Gasteiger partial charge in [-0.1, -0.05) is 125 Å². The van der Waals surface area contributed by atoms with Crippen LogP contribution in [0.2, 0.25) is 0 Å². The van der Waals surface area contributed by atoms with E-state index in [9.17, 15) is 0 Å². The van der Waals surface area contributed by atoms with Crippen LogP contribution < -0.4 is 0 Å². The Balaban J connectivity index is 1.21. The largest absolute Gasteiger partial charge is 0.368 e. The van der Waals surface area contributed by atoms with Gasteiger partial charge in [-0.15, -0.1) is 0 Å². The second kappa shape index (κ2) is 9.82. The summed E-state index contributed by atoms with van der Waals surface area (Å²) in [6, 6.07) is 46.4. The van der Waals surface area contributed by atoms with E-state index in [0.29, 0.717) is 0 Å². The van der Waals surface area contributed by atoms with Crippen LogP contribution in [0.25, 0.3) is 66.1 Å². The maximum atomic E-state index is 5.85. The molecule has 0 spiro atoms. The first-order valence-electron chi connectivity index (χ1n) is 18.0. The van der Waals surface area contributed by atoms with Gasteiger partial charge in [0.25, 0.3) is 0 Å². The topological polar surface area (TPSA) is 25.1 Å². The van der Waals surface area contributed by atoms with Crippen molar-refractivity contribution in [3.8, 4) is 44.5 Å². The molecule has 2 aliphatic heterocycles. The van der Waals surface area contributed by atoms with Crippen LogP contribution in [0.5, 0.6) is 0 Å². The summed E-state index contributed by atoms with van der Waals surface area (Å²) < 4.78 is 11.7. The molecule has 242 valence electrons. The number of benzene rings is 7. The Labute approximate surface area is 293 Å². The number of hydrogen-bond acceptors (Lipinski definition) is 2. The maximum absolute atomic E-state index is 5.85. The molecule has 2 heterocycles. The van der Waals surface area contributed by atoms with Crippen molar-refractivity contribution in [1.82, 2.24) is 0 Å². The molecular weight excluding hydrogens is 609 g/mol. The molecule has 0 N–H and O–H groups in total. The molecule has 2 unspecified atom stereocenters. The van der Waals surface area contributed by atoms with Crippen molar-refractivity contribution in [2.24, 2.45) is 0 Å². The van der Waals surface area contributed by atoms with Crippen molar-refractivity contribution < 1.29 is 9.47 Å². The molecule has 4 aliphatic rings. The molecule has 2 fully saturated rings. The van der Waals surface area contributed by atoms with Crippen LogP contribution in [0.15, 0.2) is 121 Å². The van der Waals surface area contributed by atoms with Gasteiger partial charge in [0.1, 0.15) is 12.2 Å². The van der Waals surface area contributed by atoms with E-state index in [1.54, 1.807) is 0 Å². The Bertz CT molecular complexity index is 2430. The molecular formula is C48H38O2. The molecule has 2 atom stereocenters. The second-order valence-corrected chi connectivity index (χ2v) is 15.9. The van der Waals surface area contributed by atoms with Gasteiger partial charge in [0.05, 0.1) is 13.2 Å². The fraction of sp³-hybridized carbons (Fsp3) is 0.208. The monoisotopic (exact) mass is 646 g/mol. The molecule has 2 saturated heterocycles. The van der Waals surface area contributed by atoms with Gasteiger partial charge in [-0.25, -0.2) is 0 Å². The van der Waals surface area contributed by atoms with E-state index in [1.807, 2.05) is 0 Å². The summed E-state index contributed by atoms with van der Waals surface area (Å²) in [7, 11) is 0. The lowest BCUT2D eigenvalue weighted by molar-refractivity contribution is 0.415. The molecule has 0 saturated carbocycles. The summed E-state index contributed by atoms with van der Waals surface area (Å²) in [5, 5.41) is 5.13. The minimum atomic E-state index is -0.0776. The highest BCUT2D eigenvalue weighted by molar-refractivity contribution is 6.22. The zero-order chi connectivity index (χ0) is 33.5. The van der Waals surface area contributed by atoms with Gasteiger partial charge >= 0.3 is 0 Å². The van der Waals surface area contributed by atoms with Crippen LogP contribution in [-0.2, 0) is 20.3 Å². The highest BCUT2D eigenvalue weighted by atomic mass is 16.6. The summed E-state index contributed by atoms with van der Waals surface area (Å²) in [4.78, 5) is 0. The normalized spacial score (nSPS) is 20.0. The third kappa shape index (κ3) is 3.92. The van der Waals surface area contributed by atoms with Crippen LogP contribution >= 0.6 is 0 Å². The Morgan fingerprint density at radius 2 is 0.820 bits per heavy atom. The number of ether oxygens (including phenoxy) is 2. The van der Waals surface area contributed by atoms with E-state index < -0.39 is 0 Å². The lowest BCUT2D eigenvalue weighted by Gasteiger charge is -2.24. The van der Waals surface area contributed by atoms with Crippen molar-refractivity contribution in [1.29, 1.82) is 0 Å². The maximum Gasteiger partial charge on any atom is 0.106 e. The van der Waals surface area contributed by atoms with Crippen molar-refractivity contribution in [3.05, 3.63) is 155 Å². The van der Waals surface area contributed by atoms with Crippen LogP contribution in [0.1, 0.15) is 73.3 Å². The minimum absolute atomic E-state index is 0.0776. The first-order chi connectivity index (χ1) is 24.3. The molecule has 0 aromatic heterocycles. The number of hydrogen-bond donors (Lipinski definition) is 0. The zero-order valence-electron chi connectivity index (χ0n) is 28.9. The molecule has 2 aliphatic carbocycles. The van der Waals surface area contributed by atoms with Crippen molar-refractivity contribution >= 4 is 21.5 Å². The van der Waals surface area contributed by atoms with Crippen LogP contribution in [-0.4, -0.2) is 13.2 Å². The van der Waals surface area contributed by atoms with E-state index >= 15 is 0 Å². The lowest BCUT2D eigenvalue weighted by atomic mass is 9.79. The van der Waals surface area contributed by atoms with Gasteiger partial charge in [-0.05, 0) is 124 Å². The first kappa shape index (κ1) is 28.8. The molecule has 50 heavy (non-hydrogen) atoms. The molecule has 11 rings (SSSR count). The molecule has 7 aromatic carbocycles. The Kier molecular flexibility index (Phi) is 5.65. The Morgan fingerprint density at radius 1 is 0.420 bits per heavy atom. The third-order valence-electron chi connectivity index (χ3n) is 12.3. The fourth-order valence-corrected chi connectivity index (χ4v) is 9.49. The van der Waals surface area contributed by atoms with Crippen LogP contribution in [0, 0.1) is 0 Å². The van der Waals surface area contributed by atoms with Gasteiger partial charge < -0.3 is 9.47 Å². The summed E-state index contributed by atoms with van der Waals surface area (Å²) >= 11 is 0. The SMILES string of the molecule is CC1(C)c2ccccc2-c2ccc(-c3c4ccc(C5CO5)cc4c(-c4ccc5c(c4)C(C)(C)c4ccccc4-5)c4ccc(C5CO5)cc34)cc21. The van der Waals surface area contributed by atoms with Crippen molar-refractivity contribution in [3.63, 3.8) is 0 Å². The summed E-state index contributed by atoms with van der Waals surface area (Å²) in [5.41, 5.74) is 18.5. The number of rotatable bonds is 4. The first-order valence-corrected chi connectivity index (χ1v) is 18.0. The predicted molar refractivity (Wildman–Crippen MR) is 205 cm³/mol. The standard InChI is InChI=1S/C48H38O2/c1-47(2)39-11-7-5-9-31(39)33-17-15-29(23-41(33)47)45-35-19-13-28(44-26-50-44)22-38(35)46(36-20-14-27(21-37(36)45)43-25-49-43)30-16-18-34-32-10-6-8-12-40(32)48(3,4)42(34)24-30/h5-24,43-44H,25-26H2,1-4H3. The lowest BCUT2D eigenvalue weighted by Crippen LogP contribution is -2.15.